The van der Waals surface area contributed by atoms with Gasteiger partial charge < -0.3 is 14.5 Å². The molecule has 1 heterocycles. The second-order valence-electron chi connectivity index (χ2n) is 6.44. The lowest BCUT2D eigenvalue weighted by Crippen LogP contribution is -2.14. The Balaban J connectivity index is 1.54. The maximum atomic E-state index is 12.6. The monoisotopic (exact) mass is 422 g/mol. The van der Waals surface area contributed by atoms with Crippen molar-refractivity contribution in [1.82, 2.24) is 0 Å². The van der Waals surface area contributed by atoms with Crippen molar-refractivity contribution < 1.29 is 22.4 Å². The van der Waals surface area contributed by atoms with E-state index in [0.29, 0.717) is 22.7 Å². The molecule has 4 rings (SSSR count). The molecule has 3 aromatic carbocycles. The Kier molecular flexibility index (Phi) is 5.16. The Morgan fingerprint density at radius 2 is 1.63 bits per heavy atom. The third kappa shape index (κ3) is 3.99. The number of hydrogen-bond donors (Lipinski definition) is 2. The van der Waals surface area contributed by atoms with Gasteiger partial charge in [0.2, 0.25) is 0 Å². The van der Waals surface area contributed by atoms with Crippen LogP contribution in [0.4, 0.5) is 11.4 Å². The zero-order chi connectivity index (χ0) is 21.1. The van der Waals surface area contributed by atoms with Crippen LogP contribution >= 0.6 is 0 Å². The third-order valence-corrected chi connectivity index (χ3v) is 5.78. The maximum absolute atomic E-state index is 12.6. The van der Waals surface area contributed by atoms with Gasteiger partial charge in [0.05, 0.1) is 17.7 Å². The van der Waals surface area contributed by atoms with Gasteiger partial charge in [-0.15, -0.1) is 0 Å². The molecule has 0 spiro atoms. The fourth-order valence-corrected chi connectivity index (χ4v) is 4.05. The zero-order valence-electron chi connectivity index (χ0n) is 16.0. The predicted octanol–water partition coefficient (Wildman–Crippen LogP) is 4.49. The fraction of sp³-hybridized carbons (Fsp3) is 0.0455. The Morgan fingerprint density at radius 3 is 2.40 bits per heavy atom. The lowest BCUT2D eigenvalue weighted by molar-refractivity contribution is 0.0998. The highest BCUT2D eigenvalue weighted by molar-refractivity contribution is 7.92. The molecule has 7 nitrogen and oxygen atoms in total. The molecule has 0 fully saturated rings. The molecule has 4 aromatic rings. The van der Waals surface area contributed by atoms with Crippen LogP contribution in [0.25, 0.3) is 11.0 Å². The quantitative estimate of drug-likeness (QED) is 0.477. The summed E-state index contributed by atoms with van der Waals surface area (Å²) in [6, 6.07) is 21.5. The van der Waals surface area contributed by atoms with Crippen LogP contribution in [0.2, 0.25) is 0 Å². The Morgan fingerprint density at radius 1 is 0.900 bits per heavy atom. The van der Waals surface area contributed by atoms with Crippen molar-refractivity contribution in [2.24, 2.45) is 0 Å². The minimum atomic E-state index is -3.73. The molecule has 0 saturated carbocycles. The molecule has 8 heteroatoms. The lowest BCUT2D eigenvalue weighted by atomic mass is 10.2. The van der Waals surface area contributed by atoms with Gasteiger partial charge in [-0.05, 0) is 42.5 Å². The number of sulfonamides is 1. The van der Waals surface area contributed by atoms with E-state index in [-0.39, 0.29) is 10.7 Å². The van der Waals surface area contributed by atoms with E-state index >= 15 is 0 Å². The molecule has 30 heavy (non-hydrogen) atoms. The lowest BCUT2D eigenvalue weighted by Gasteiger charge is -2.10. The van der Waals surface area contributed by atoms with E-state index in [1.165, 1.54) is 25.3 Å². The highest BCUT2D eigenvalue weighted by Crippen LogP contribution is 2.29. The summed E-state index contributed by atoms with van der Waals surface area (Å²) in [6.07, 6.45) is 0. The zero-order valence-corrected chi connectivity index (χ0v) is 16.8. The topological polar surface area (TPSA) is 97.6 Å². The van der Waals surface area contributed by atoms with Crippen molar-refractivity contribution in [1.29, 1.82) is 0 Å². The molecule has 0 aliphatic heterocycles. The van der Waals surface area contributed by atoms with Crippen molar-refractivity contribution in [3.63, 3.8) is 0 Å². The van der Waals surface area contributed by atoms with Crippen molar-refractivity contribution in [2.75, 3.05) is 17.1 Å². The van der Waals surface area contributed by atoms with Gasteiger partial charge in [0.15, 0.2) is 17.1 Å². The molecule has 0 radical (unpaired) electrons. The number of benzene rings is 3. The molecule has 0 unspecified atom stereocenters. The van der Waals surface area contributed by atoms with E-state index < -0.39 is 15.9 Å². The Bertz CT molecular complexity index is 1310. The van der Waals surface area contributed by atoms with E-state index in [1.54, 1.807) is 54.6 Å². The number of hydrogen-bond acceptors (Lipinski definition) is 5. The van der Waals surface area contributed by atoms with Crippen LogP contribution in [0.5, 0.6) is 5.75 Å². The highest BCUT2D eigenvalue weighted by Gasteiger charge is 2.16. The van der Waals surface area contributed by atoms with Gasteiger partial charge in [-0.3, -0.25) is 9.52 Å². The summed E-state index contributed by atoms with van der Waals surface area (Å²) in [6.45, 7) is 0. The van der Waals surface area contributed by atoms with Crippen LogP contribution in [-0.2, 0) is 10.0 Å². The van der Waals surface area contributed by atoms with Crippen molar-refractivity contribution in [3.05, 3.63) is 84.6 Å². The van der Waals surface area contributed by atoms with Gasteiger partial charge in [0.25, 0.3) is 15.9 Å². The molecule has 0 aliphatic rings. The van der Waals surface area contributed by atoms with Gasteiger partial charge in [-0.2, -0.15) is 0 Å². The predicted molar refractivity (Wildman–Crippen MR) is 114 cm³/mol. The van der Waals surface area contributed by atoms with E-state index in [2.05, 4.69) is 10.0 Å². The number of methoxy groups -OCH3 is 1. The first-order chi connectivity index (χ1) is 14.5. The smallest absolute Gasteiger partial charge is 0.291 e. The molecular formula is C22H18N2O5S. The molecule has 0 aliphatic carbocycles. The summed E-state index contributed by atoms with van der Waals surface area (Å²) in [4.78, 5) is 12.8. The molecule has 152 valence electrons. The van der Waals surface area contributed by atoms with Crippen LogP contribution in [0.15, 0.2) is 88.2 Å². The Hall–Kier alpha value is -3.78. The first-order valence-electron chi connectivity index (χ1n) is 9.02. The number of carbonyl (C=O) groups excluding carboxylic acids is 1. The van der Waals surface area contributed by atoms with E-state index in [4.69, 9.17) is 9.15 Å². The molecule has 0 saturated heterocycles. The summed E-state index contributed by atoms with van der Waals surface area (Å²) < 4.78 is 38.4. The number of amides is 1. The van der Waals surface area contributed by atoms with Gasteiger partial charge in [-0.25, -0.2) is 8.42 Å². The standard InChI is InChI=1S/C22H18N2O5S/c1-28-19-12-5-7-15-13-20(29-21(15)19)22(25)23-16-8-6-9-17(14-16)24-30(26,27)18-10-3-2-4-11-18/h2-14,24H,1H3,(H,23,25). The molecular weight excluding hydrogens is 404 g/mol. The second kappa shape index (κ2) is 7.92. The summed E-state index contributed by atoms with van der Waals surface area (Å²) in [5, 5.41) is 3.45. The van der Waals surface area contributed by atoms with Crippen molar-refractivity contribution >= 4 is 38.3 Å². The van der Waals surface area contributed by atoms with Crippen LogP contribution in [0, 0.1) is 0 Å². The maximum Gasteiger partial charge on any atom is 0.291 e. The number of nitrogens with one attached hydrogen (secondary N) is 2. The summed E-state index contributed by atoms with van der Waals surface area (Å²) in [7, 11) is -2.20. The number of carbonyl (C=O) groups is 1. The van der Waals surface area contributed by atoms with Gasteiger partial charge >= 0.3 is 0 Å². The SMILES string of the molecule is COc1cccc2cc(C(=O)Nc3cccc(NS(=O)(=O)c4ccccc4)c3)oc12. The summed E-state index contributed by atoms with van der Waals surface area (Å²) >= 11 is 0. The van der Waals surface area contributed by atoms with Crippen molar-refractivity contribution in [2.45, 2.75) is 4.90 Å². The second-order valence-corrected chi connectivity index (χ2v) is 8.13. The van der Waals surface area contributed by atoms with E-state index in [1.807, 2.05) is 6.07 Å². The highest BCUT2D eigenvalue weighted by atomic mass is 32.2. The van der Waals surface area contributed by atoms with Crippen LogP contribution < -0.4 is 14.8 Å². The van der Waals surface area contributed by atoms with Crippen LogP contribution in [0.3, 0.4) is 0 Å². The number of fused-ring (bicyclic) bond motifs is 1. The number of para-hydroxylation sites is 1. The number of furan rings is 1. The molecule has 2 N–H and O–H groups in total. The van der Waals surface area contributed by atoms with E-state index in [9.17, 15) is 13.2 Å². The number of ether oxygens (including phenoxy) is 1. The fourth-order valence-electron chi connectivity index (χ4n) is 2.98. The molecule has 1 amide bonds. The molecule has 1 aromatic heterocycles. The molecule has 0 atom stereocenters. The van der Waals surface area contributed by atoms with Crippen molar-refractivity contribution in [3.8, 4) is 5.75 Å². The minimum Gasteiger partial charge on any atom is -0.493 e. The van der Waals surface area contributed by atoms with Gasteiger partial charge in [0.1, 0.15) is 0 Å². The first-order valence-corrected chi connectivity index (χ1v) is 10.5. The van der Waals surface area contributed by atoms with E-state index in [0.717, 1.165) is 5.39 Å². The van der Waals surface area contributed by atoms with Crippen LogP contribution in [-0.4, -0.2) is 21.4 Å². The van der Waals surface area contributed by atoms with Gasteiger partial charge in [-0.1, -0.05) is 36.4 Å². The Labute approximate surface area is 173 Å². The first kappa shape index (κ1) is 19.5. The summed E-state index contributed by atoms with van der Waals surface area (Å²) in [5.41, 5.74) is 1.22. The minimum absolute atomic E-state index is 0.116. The largest absolute Gasteiger partial charge is 0.493 e. The van der Waals surface area contributed by atoms with Crippen LogP contribution in [0.1, 0.15) is 10.6 Å². The average molecular weight is 422 g/mol. The van der Waals surface area contributed by atoms with Gasteiger partial charge in [0, 0.05) is 11.1 Å². The third-order valence-electron chi connectivity index (χ3n) is 4.38. The summed E-state index contributed by atoms with van der Waals surface area (Å²) in [5.74, 6) is 0.185. The number of rotatable bonds is 6. The number of anilines is 2. The average Bonchev–Trinajstić information content (AvgIpc) is 3.19. The molecule has 0 bridgehead atoms. The normalized spacial score (nSPS) is 11.2.